The number of aliphatic carboxylic acids is 1. The lowest BCUT2D eigenvalue weighted by Gasteiger charge is -2.14. The number of rotatable bonds is 6. The topological polar surface area (TPSA) is 101 Å². The molecule has 0 aromatic heterocycles. The monoisotopic (exact) mass is 397 g/mol. The summed E-state index contributed by atoms with van der Waals surface area (Å²) >= 11 is 9.11. The molecule has 2 N–H and O–H groups in total. The molecule has 0 bridgehead atoms. The van der Waals surface area contributed by atoms with Gasteiger partial charge >= 0.3 is 5.97 Å². The lowest BCUT2D eigenvalue weighted by Crippen LogP contribution is -2.42. The molecule has 0 spiro atoms. The molecule has 9 heteroatoms. The zero-order valence-electron chi connectivity index (χ0n) is 11.0. The molecule has 6 nitrogen and oxygen atoms in total. The maximum Gasteiger partial charge on any atom is 0.326 e. The molecule has 1 rings (SSSR count). The lowest BCUT2D eigenvalue weighted by atomic mass is 10.1. The van der Waals surface area contributed by atoms with Crippen molar-refractivity contribution >= 4 is 49.2 Å². The first-order chi connectivity index (χ1) is 9.61. The summed E-state index contributed by atoms with van der Waals surface area (Å²) in [5.41, 5.74) is 0.108. The summed E-state index contributed by atoms with van der Waals surface area (Å²) in [5.74, 6) is -2.32. The maximum atomic E-state index is 12.0. The van der Waals surface area contributed by atoms with Crippen LogP contribution in [0.1, 0.15) is 16.8 Å². The third-order valence-corrected chi connectivity index (χ3v) is 4.85. The number of carboxylic acid groups (broad SMARTS) is 1. The fourth-order valence-corrected chi connectivity index (χ4v) is 2.75. The Morgan fingerprint density at radius 3 is 2.57 bits per heavy atom. The Bertz CT molecular complexity index is 662. The van der Waals surface area contributed by atoms with Crippen LogP contribution in [0.4, 0.5) is 0 Å². The Morgan fingerprint density at radius 1 is 1.43 bits per heavy atom. The van der Waals surface area contributed by atoms with E-state index in [1.54, 1.807) is 12.1 Å². The van der Waals surface area contributed by atoms with Crippen LogP contribution in [0.25, 0.3) is 0 Å². The predicted molar refractivity (Wildman–Crippen MR) is 82.4 cm³/mol. The van der Waals surface area contributed by atoms with Gasteiger partial charge in [-0.15, -0.1) is 0 Å². The Labute approximate surface area is 135 Å². The first-order valence-corrected chi connectivity index (χ1v) is 9.00. The van der Waals surface area contributed by atoms with E-state index in [4.69, 9.17) is 16.7 Å². The quantitative estimate of drug-likeness (QED) is 0.760. The van der Waals surface area contributed by atoms with Gasteiger partial charge in [0.05, 0.1) is 16.3 Å². The third-order valence-electron chi connectivity index (χ3n) is 2.58. The molecule has 0 saturated carbocycles. The minimum Gasteiger partial charge on any atom is -0.480 e. The molecule has 0 fully saturated rings. The molecule has 116 valence electrons. The number of carboxylic acids is 1. The summed E-state index contributed by atoms with van der Waals surface area (Å²) in [4.78, 5) is 23.1. The molecular formula is C12H13BrClNO5S. The average molecular weight is 399 g/mol. The van der Waals surface area contributed by atoms with E-state index in [2.05, 4.69) is 21.2 Å². The molecule has 0 radical (unpaired) electrons. The van der Waals surface area contributed by atoms with Crippen LogP contribution >= 0.6 is 27.5 Å². The predicted octanol–water partition coefficient (Wildman–Crippen LogP) is 1.72. The van der Waals surface area contributed by atoms with E-state index in [9.17, 15) is 18.0 Å². The Hall–Kier alpha value is -1.12. The number of nitrogens with one attached hydrogen (secondary N) is 1. The van der Waals surface area contributed by atoms with Crippen molar-refractivity contribution in [3.63, 3.8) is 0 Å². The second kappa shape index (κ2) is 7.24. The number of halogens is 2. The van der Waals surface area contributed by atoms with Crippen molar-refractivity contribution in [2.24, 2.45) is 0 Å². The molecule has 0 aliphatic rings. The average Bonchev–Trinajstić information content (AvgIpc) is 2.36. The van der Waals surface area contributed by atoms with Crippen LogP contribution in [0.3, 0.4) is 0 Å². The van der Waals surface area contributed by atoms with Crippen molar-refractivity contribution in [1.29, 1.82) is 0 Å². The first kappa shape index (κ1) is 17.9. The lowest BCUT2D eigenvalue weighted by molar-refractivity contribution is -0.139. The Balaban J connectivity index is 2.86. The summed E-state index contributed by atoms with van der Waals surface area (Å²) in [6.07, 6.45) is 0.782. The maximum absolute atomic E-state index is 12.0. The van der Waals surface area contributed by atoms with Gasteiger partial charge in [-0.05, 0) is 34.5 Å². The molecule has 1 amide bonds. The Morgan fingerprint density at radius 2 is 2.05 bits per heavy atom. The van der Waals surface area contributed by atoms with Crippen LogP contribution < -0.4 is 5.32 Å². The molecule has 1 unspecified atom stereocenters. The largest absolute Gasteiger partial charge is 0.480 e. The van der Waals surface area contributed by atoms with Crippen LogP contribution in [0, 0.1) is 0 Å². The van der Waals surface area contributed by atoms with E-state index in [-0.39, 0.29) is 22.8 Å². The summed E-state index contributed by atoms with van der Waals surface area (Å²) in [7, 11) is -3.32. The van der Waals surface area contributed by atoms with Gasteiger partial charge in [-0.2, -0.15) is 0 Å². The number of benzene rings is 1. The van der Waals surface area contributed by atoms with Gasteiger partial charge < -0.3 is 10.4 Å². The fraction of sp³-hybridized carbons (Fsp3) is 0.333. The summed E-state index contributed by atoms with van der Waals surface area (Å²) in [5, 5.41) is 11.5. The number of amides is 1. The van der Waals surface area contributed by atoms with Gasteiger partial charge in [-0.3, -0.25) is 4.79 Å². The third kappa shape index (κ3) is 5.64. The molecule has 0 aliphatic carbocycles. The van der Waals surface area contributed by atoms with E-state index in [0.717, 1.165) is 6.26 Å². The highest BCUT2D eigenvalue weighted by molar-refractivity contribution is 9.10. The second-order valence-electron chi connectivity index (χ2n) is 4.38. The highest BCUT2D eigenvalue weighted by Gasteiger charge is 2.23. The summed E-state index contributed by atoms with van der Waals surface area (Å²) < 4.78 is 22.7. The van der Waals surface area contributed by atoms with Crippen molar-refractivity contribution in [3.8, 4) is 0 Å². The van der Waals surface area contributed by atoms with Crippen molar-refractivity contribution in [2.45, 2.75) is 12.5 Å². The van der Waals surface area contributed by atoms with Crippen LogP contribution in [0.5, 0.6) is 0 Å². The highest BCUT2D eigenvalue weighted by Crippen LogP contribution is 2.25. The van der Waals surface area contributed by atoms with E-state index in [1.165, 1.54) is 6.07 Å². The van der Waals surface area contributed by atoms with Crippen LogP contribution in [-0.4, -0.2) is 43.5 Å². The van der Waals surface area contributed by atoms with Gasteiger partial charge in [0.25, 0.3) is 5.91 Å². The second-order valence-corrected chi connectivity index (χ2v) is 7.88. The van der Waals surface area contributed by atoms with Crippen LogP contribution in [0.15, 0.2) is 22.7 Å². The van der Waals surface area contributed by atoms with Crippen LogP contribution in [0.2, 0.25) is 5.02 Å². The minimum absolute atomic E-state index is 0.108. The number of hydrogen-bond donors (Lipinski definition) is 2. The van der Waals surface area contributed by atoms with Gasteiger partial charge in [-0.1, -0.05) is 17.7 Å². The highest BCUT2D eigenvalue weighted by atomic mass is 79.9. The van der Waals surface area contributed by atoms with Crippen molar-refractivity contribution in [1.82, 2.24) is 5.32 Å². The number of carbonyl (C=O) groups is 2. The van der Waals surface area contributed by atoms with Gasteiger partial charge in [0.15, 0.2) is 0 Å². The van der Waals surface area contributed by atoms with Gasteiger partial charge in [-0.25, -0.2) is 13.2 Å². The molecule has 1 aromatic carbocycles. The van der Waals surface area contributed by atoms with Gasteiger partial charge in [0, 0.05) is 10.7 Å². The Kier molecular flexibility index (Phi) is 6.18. The number of carbonyl (C=O) groups excluding carboxylic acids is 1. The van der Waals surface area contributed by atoms with Crippen molar-refractivity contribution in [2.75, 3.05) is 12.0 Å². The van der Waals surface area contributed by atoms with E-state index < -0.39 is 27.8 Å². The SMILES string of the molecule is CS(=O)(=O)CCC(NC(=O)c1cccc(Br)c1Cl)C(=O)O. The molecule has 21 heavy (non-hydrogen) atoms. The van der Waals surface area contributed by atoms with Gasteiger partial charge in [0.1, 0.15) is 15.9 Å². The fourth-order valence-electron chi connectivity index (χ4n) is 1.50. The van der Waals surface area contributed by atoms with Crippen molar-refractivity contribution in [3.05, 3.63) is 33.3 Å². The number of hydrogen-bond acceptors (Lipinski definition) is 4. The van der Waals surface area contributed by atoms with Gasteiger partial charge in [0.2, 0.25) is 0 Å². The molecule has 0 aliphatic heterocycles. The van der Waals surface area contributed by atoms with Crippen LogP contribution in [-0.2, 0) is 14.6 Å². The number of sulfone groups is 1. The molecule has 0 saturated heterocycles. The van der Waals surface area contributed by atoms with E-state index >= 15 is 0 Å². The standard InChI is InChI=1S/C12H13BrClNO5S/c1-21(19,20)6-5-9(12(17)18)15-11(16)7-3-2-4-8(13)10(7)14/h2-4,9H,5-6H2,1H3,(H,15,16)(H,17,18). The van der Waals surface area contributed by atoms with Crippen molar-refractivity contribution < 1.29 is 23.1 Å². The normalized spacial score (nSPS) is 12.7. The molecular weight excluding hydrogens is 386 g/mol. The zero-order chi connectivity index (χ0) is 16.2. The minimum atomic E-state index is -3.32. The van der Waals surface area contributed by atoms with E-state index in [0.29, 0.717) is 4.47 Å². The molecule has 0 heterocycles. The molecule has 1 atom stereocenters. The first-order valence-electron chi connectivity index (χ1n) is 5.77. The van der Waals surface area contributed by atoms with E-state index in [1.807, 2.05) is 0 Å². The molecule has 1 aromatic rings. The smallest absolute Gasteiger partial charge is 0.326 e. The summed E-state index contributed by atoms with van der Waals surface area (Å²) in [6, 6.07) is 3.36. The zero-order valence-corrected chi connectivity index (χ0v) is 14.1. The summed E-state index contributed by atoms with van der Waals surface area (Å²) in [6.45, 7) is 0.